The molecule has 1 atom stereocenters. The van der Waals surface area contributed by atoms with Crippen LogP contribution in [0, 0.1) is 0 Å². The minimum absolute atomic E-state index is 0.561. The van der Waals surface area contributed by atoms with Crippen molar-refractivity contribution in [2.75, 3.05) is 26.2 Å². The highest BCUT2D eigenvalue weighted by Gasteiger charge is 2.26. The highest BCUT2D eigenvalue weighted by Crippen LogP contribution is 2.30. The van der Waals surface area contributed by atoms with Gasteiger partial charge in [0.15, 0.2) is 0 Å². The number of piperidine rings is 1. The summed E-state index contributed by atoms with van der Waals surface area (Å²) in [7, 11) is 0. The summed E-state index contributed by atoms with van der Waals surface area (Å²) in [6, 6.07) is 8.72. The van der Waals surface area contributed by atoms with Crippen LogP contribution in [0.15, 0.2) is 42.9 Å². The molecule has 5 rings (SSSR count). The molecule has 1 N–H and O–H groups in total. The lowest BCUT2D eigenvalue weighted by molar-refractivity contribution is 0.198. The zero-order valence-electron chi connectivity index (χ0n) is 16.5. The summed E-state index contributed by atoms with van der Waals surface area (Å²) in [5.74, 6) is 0.561. The third-order valence-electron chi connectivity index (χ3n) is 6.42. The van der Waals surface area contributed by atoms with Gasteiger partial charge >= 0.3 is 0 Å². The molecule has 2 aliphatic rings. The molecule has 1 unspecified atom stereocenters. The summed E-state index contributed by atoms with van der Waals surface area (Å²) in [4.78, 5) is 9.45. The number of pyridine rings is 1. The summed E-state index contributed by atoms with van der Waals surface area (Å²) >= 11 is 0. The summed E-state index contributed by atoms with van der Waals surface area (Å²) in [6.45, 7) is 6.81. The van der Waals surface area contributed by atoms with E-state index in [9.17, 15) is 0 Å². The average Bonchev–Trinajstić information content (AvgIpc) is 3.41. The lowest BCUT2D eigenvalue weighted by Gasteiger charge is -2.33. The molecular formula is C23H29N5. The van der Waals surface area contributed by atoms with E-state index in [1.165, 1.54) is 72.9 Å². The van der Waals surface area contributed by atoms with Gasteiger partial charge in [0.05, 0.1) is 6.20 Å². The molecule has 2 saturated heterocycles. The maximum absolute atomic E-state index is 4.41. The molecule has 5 heteroatoms. The molecule has 2 aromatic heterocycles. The Hall–Kier alpha value is -2.24. The van der Waals surface area contributed by atoms with Crippen molar-refractivity contribution in [2.45, 2.75) is 44.7 Å². The van der Waals surface area contributed by atoms with Crippen LogP contribution in [-0.2, 0) is 13.1 Å². The lowest BCUT2D eigenvalue weighted by Crippen LogP contribution is -2.34. The Labute approximate surface area is 166 Å². The van der Waals surface area contributed by atoms with Gasteiger partial charge in [-0.2, -0.15) is 5.10 Å². The van der Waals surface area contributed by atoms with Crippen LogP contribution in [-0.4, -0.2) is 51.2 Å². The molecule has 0 radical (unpaired) electrons. The zero-order valence-corrected chi connectivity index (χ0v) is 16.5. The van der Waals surface area contributed by atoms with Gasteiger partial charge in [0.1, 0.15) is 0 Å². The summed E-state index contributed by atoms with van der Waals surface area (Å²) < 4.78 is 0. The first-order valence-corrected chi connectivity index (χ1v) is 10.7. The fraction of sp³-hybridized carbons (Fsp3) is 0.478. The number of aromatic nitrogens is 3. The first kappa shape index (κ1) is 17.8. The Morgan fingerprint density at radius 3 is 2.71 bits per heavy atom. The molecule has 2 fully saturated rings. The molecule has 0 spiro atoms. The second kappa shape index (κ2) is 8.02. The predicted molar refractivity (Wildman–Crippen MR) is 112 cm³/mol. The van der Waals surface area contributed by atoms with Gasteiger partial charge in [-0.05, 0) is 62.3 Å². The molecule has 0 amide bonds. The topological polar surface area (TPSA) is 48.1 Å². The average molecular weight is 376 g/mol. The van der Waals surface area contributed by atoms with Gasteiger partial charge in [-0.15, -0.1) is 0 Å². The largest absolute Gasteiger partial charge is 0.299 e. The molecule has 0 bridgehead atoms. The van der Waals surface area contributed by atoms with Crippen molar-refractivity contribution in [3.05, 3.63) is 59.7 Å². The first-order chi connectivity index (χ1) is 13.9. The second-order valence-corrected chi connectivity index (χ2v) is 8.38. The van der Waals surface area contributed by atoms with Crippen molar-refractivity contribution in [3.8, 4) is 0 Å². The molecule has 3 aromatic rings. The zero-order chi connectivity index (χ0) is 18.8. The van der Waals surface area contributed by atoms with Crippen molar-refractivity contribution in [2.24, 2.45) is 0 Å². The van der Waals surface area contributed by atoms with Gasteiger partial charge in [-0.1, -0.05) is 18.2 Å². The highest BCUT2D eigenvalue weighted by atomic mass is 15.2. The van der Waals surface area contributed by atoms with Crippen LogP contribution in [0.2, 0.25) is 0 Å². The number of aromatic amines is 1. The molecule has 5 nitrogen and oxygen atoms in total. The predicted octanol–water partition coefficient (Wildman–Crippen LogP) is 3.93. The Bertz CT molecular complexity index is 922. The number of H-pyrrole nitrogens is 1. The number of nitrogens with zero attached hydrogens (tertiary/aromatic N) is 4. The Morgan fingerprint density at radius 1 is 0.929 bits per heavy atom. The summed E-state index contributed by atoms with van der Waals surface area (Å²) in [6.07, 6.45) is 11.1. The standard InChI is InChI=1S/C23H29N5/c1-2-11-27(10-1)17-21-14-25-26-23(21)20-7-4-12-28(16-20)15-19-6-3-5-18-13-24-9-8-22(18)19/h3,5-6,8-9,13-14,20H,1-2,4,7,10-12,15-17H2,(H,25,26). The fourth-order valence-corrected chi connectivity index (χ4v) is 4.99. The normalized spacial score (nSPS) is 21.5. The van der Waals surface area contributed by atoms with Crippen molar-refractivity contribution in [3.63, 3.8) is 0 Å². The minimum Gasteiger partial charge on any atom is -0.299 e. The summed E-state index contributed by atoms with van der Waals surface area (Å²) in [5, 5.41) is 10.3. The maximum Gasteiger partial charge on any atom is 0.0535 e. The van der Waals surface area contributed by atoms with Crippen LogP contribution in [0.5, 0.6) is 0 Å². The molecule has 1 aromatic carbocycles. The Morgan fingerprint density at radius 2 is 1.79 bits per heavy atom. The monoisotopic (exact) mass is 375 g/mol. The van der Waals surface area contributed by atoms with Crippen molar-refractivity contribution >= 4 is 10.8 Å². The Kier molecular flexibility index (Phi) is 5.10. The van der Waals surface area contributed by atoms with Crippen molar-refractivity contribution in [1.82, 2.24) is 25.0 Å². The number of benzene rings is 1. The van der Waals surface area contributed by atoms with Crippen LogP contribution < -0.4 is 0 Å². The van der Waals surface area contributed by atoms with E-state index in [2.05, 4.69) is 55.4 Å². The van der Waals surface area contributed by atoms with Crippen molar-refractivity contribution in [1.29, 1.82) is 0 Å². The first-order valence-electron chi connectivity index (χ1n) is 10.7. The quantitative estimate of drug-likeness (QED) is 0.734. The van der Waals surface area contributed by atoms with E-state index < -0.39 is 0 Å². The SMILES string of the molecule is c1cc(CN2CCCC(c3[nH]ncc3CN3CCCC3)C2)c2ccncc2c1. The number of hydrogen-bond acceptors (Lipinski definition) is 4. The third-order valence-corrected chi connectivity index (χ3v) is 6.42. The number of hydrogen-bond donors (Lipinski definition) is 1. The van der Waals surface area contributed by atoms with E-state index in [-0.39, 0.29) is 0 Å². The van der Waals surface area contributed by atoms with Crippen LogP contribution in [0.25, 0.3) is 10.8 Å². The third kappa shape index (κ3) is 3.69. The summed E-state index contributed by atoms with van der Waals surface area (Å²) in [5.41, 5.74) is 4.19. The maximum atomic E-state index is 4.41. The fourth-order valence-electron chi connectivity index (χ4n) is 4.99. The van der Waals surface area contributed by atoms with E-state index in [0.29, 0.717) is 5.92 Å². The smallest absolute Gasteiger partial charge is 0.0535 e. The number of fused-ring (bicyclic) bond motifs is 1. The van der Waals surface area contributed by atoms with E-state index >= 15 is 0 Å². The molecule has 2 aliphatic heterocycles. The lowest BCUT2D eigenvalue weighted by atomic mass is 9.92. The minimum atomic E-state index is 0.561. The number of likely N-dealkylation sites (tertiary alicyclic amines) is 2. The van der Waals surface area contributed by atoms with Crippen LogP contribution in [0.3, 0.4) is 0 Å². The highest BCUT2D eigenvalue weighted by molar-refractivity contribution is 5.84. The van der Waals surface area contributed by atoms with Crippen LogP contribution in [0.4, 0.5) is 0 Å². The second-order valence-electron chi connectivity index (χ2n) is 8.38. The number of nitrogens with one attached hydrogen (secondary N) is 1. The molecule has 0 aliphatic carbocycles. The van der Waals surface area contributed by atoms with Gasteiger partial charge in [0.25, 0.3) is 0 Å². The molecule has 4 heterocycles. The van der Waals surface area contributed by atoms with Crippen molar-refractivity contribution < 1.29 is 0 Å². The van der Waals surface area contributed by atoms with E-state index in [1.807, 2.05) is 12.4 Å². The molecule has 146 valence electrons. The van der Waals surface area contributed by atoms with Gasteiger partial charge in [0.2, 0.25) is 0 Å². The Balaban J connectivity index is 1.31. The molecule has 28 heavy (non-hydrogen) atoms. The molecular weight excluding hydrogens is 346 g/mol. The van der Waals surface area contributed by atoms with Crippen LogP contribution in [0.1, 0.15) is 48.4 Å². The number of rotatable bonds is 5. The van der Waals surface area contributed by atoms with Gasteiger partial charge in [-0.25, -0.2) is 0 Å². The van der Waals surface area contributed by atoms with E-state index in [0.717, 1.165) is 19.6 Å². The van der Waals surface area contributed by atoms with Gasteiger partial charge < -0.3 is 0 Å². The van der Waals surface area contributed by atoms with E-state index in [1.54, 1.807) is 0 Å². The van der Waals surface area contributed by atoms with Crippen LogP contribution >= 0.6 is 0 Å². The van der Waals surface area contributed by atoms with E-state index in [4.69, 9.17) is 0 Å². The van der Waals surface area contributed by atoms with Gasteiger partial charge in [0, 0.05) is 54.6 Å². The van der Waals surface area contributed by atoms with Gasteiger partial charge in [-0.3, -0.25) is 19.9 Å². The molecule has 0 saturated carbocycles.